The van der Waals surface area contributed by atoms with Crippen molar-refractivity contribution in [2.45, 2.75) is 71.1 Å². The Kier molecular flexibility index (Phi) is 4.32. The molecule has 0 radical (unpaired) electrons. The van der Waals surface area contributed by atoms with Crippen molar-refractivity contribution in [3.63, 3.8) is 0 Å². The van der Waals surface area contributed by atoms with Crippen molar-refractivity contribution in [1.29, 1.82) is 0 Å². The lowest BCUT2D eigenvalue weighted by Crippen LogP contribution is -2.63. The van der Waals surface area contributed by atoms with Crippen LogP contribution in [0.4, 0.5) is 0 Å². The van der Waals surface area contributed by atoms with Gasteiger partial charge in [0.15, 0.2) is 0 Å². The van der Waals surface area contributed by atoms with E-state index in [0.29, 0.717) is 23.0 Å². The van der Waals surface area contributed by atoms with Gasteiger partial charge >= 0.3 is 0 Å². The molecule has 4 aliphatic carbocycles. The molecule has 4 fully saturated rings. The largest absolute Gasteiger partial charge is 0.489 e. The molecule has 4 saturated carbocycles. The lowest BCUT2D eigenvalue weighted by atomic mass is 9.43. The molecule has 2 nitrogen and oxygen atoms in total. The highest BCUT2D eigenvalue weighted by molar-refractivity contribution is 5.28. The minimum atomic E-state index is 0.366. The standard InChI is InChI=1S/C26H33NO/c1-24-12-22-13-25(2,17-24)19-26(14-22,18-24)27-15-20-8-10-23(11-9-20)28-16-21-6-4-3-5-7-21/h3-11,22,27H,12-19H2,1-2H3. The summed E-state index contributed by atoms with van der Waals surface area (Å²) < 4.78 is 5.93. The summed E-state index contributed by atoms with van der Waals surface area (Å²) in [5.41, 5.74) is 4.06. The number of nitrogens with one attached hydrogen (secondary N) is 1. The Labute approximate surface area is 169 Å². The fourth-order valence-electron chi connectivity index (χ4n) is 7.38. The molecule has 6 rings (SSSR count). The SMILES string of the molecule is CC12CC3CC(C)(C1)CC(NCc1ccc(OCc4ccccc4)cc1)(C3)C2. The average molecular weight is 376 g/mol. The molecule has 0 saturated heterocycles. The second kappa shape index (κ2) is 6.62. The van der Waals surface area contributed by atoms with E-state index < -0.39 is 0 Å². The number of rotatable bonds is 6. The second-order valence-corrected chi connectivity index (χ2v) is 10.7. The Hall–Kier alpha value is -1.80. The molecule has 2 heteroatoms. The fraction of sp³-hybridized carbons (Fsp3) is 0.538. The predicted molar refractivity (Wildman–Crippen MR) is 114 cm³/mol. The van der Waals surface area contributed by atoms with E-state index in [1.54, 1.807) is 0 Å². The fourth-order valence-corrected chi connectivity index (χ4v) is 7.38. The molecule has 4 aliphatic rings. The van der Waals surface area contributed by atoms with Crippen molar-refractivity contribution in [3.8, 4) is 5.75 Å². The van der Waals surface area contributed by atoms with Gasteiger partial charge in [-0.05, 0) is 78.5 Å². The molecule has 4 bridgehead atoms. The van der Waals surface area contributed by atoms with E-state index in [2.05, 4.69) is 67.7 Å². The van der Waals surface area contributed by atoms with Crippen LogP contribution in [-0.2, 0) is 13.2 Å². The smallest absolute Gasteiger partial charge is 0.119 e. The summed E-state index contributed by atoms with van der Waals surface area (Å²) in [5, 5.41) is 4.03. The van der Waals surface area contributed by atoms with Crippen molar-refractivity contribution in [2.75, 3.05) is 0 Å². The molecule has 28 heavy (non-hydrogen) atoms. The Bertz CT molecular complexity index is 809. The quantitative estimate of drug-likeness (QED) is 0.658. The summed E-state index contributed by atoms with van der Waals surface area (Å²) in [6.07, 6.45) is 8.47. The third kappa shape index (κ3) is 3.59. The maximum absolute atomic E-state index is 5.93. The van der Waals surface area contributed by atoms with Gasteiger partial charge in [-0.1, -0.05) is 56.3 Å². The summed E-state index contributed by atoms with van der Waals surface area (Å²) in [6, 6.07) is 19.0. The zero-order valence-electron chi connectivity index (χ0n) is 17.3. The number of benzene rings is 2. The molecule has 0 heterocycles. The van der Waals surface area contributed by atoms with Gasteiger partial charge in [0.2, 0.25) is 0 Å². The van der Waals surface area contributed by atoms with Gasteiger partial charge < -0.3 is 10.1 Å². The zero-order valence-corrected chi connectivity index (χ0v) is 17.3. The van der Waals surface area contributed by atoms with Gasteiger partial charge in [-0.2, -0.15) is 0 Å². The third-order valence-electron chi connectivity index (χ3n) is 7.47. The summed E-state index contributed by atoms with van der Waals surface area (Å²) in [4.78, 5) is 0. The highest BCUT2D eigenvalue weighted by atomic mass is 16.5. The van der Waals surface area contributed by atoms with Crippen molar-refractivity contribution in [3.05, 3.63) is 65.7 Å². The maximum atomic E-state index is 5.93. The van der Waals surface area contributed by atoms with Crippen molar-refractivity contribution >= 4 is 0 Å². The number of ether oxygens (including phenoxy) is 1. The van der Waals surface area contributed by atoms with Gasteiger partial charge in [0.25, 0.3) is 0 Å². The van der Waals surface area contributed by atoms with Crippen LogP contribution in [0.3, 0.4) is 0 Å². The van der Waals surface area contributed by atoms with Crippen LogP contribution in [0.25, 0.3) is 0 Å². The monoisotopic (exact) mass is 375 g/mol. The molecule has 0 aromatic heterocycles. The first-order valence-corrected chi connectivity index (χ1v) is 10.9. The maximum Gasteiger partial charge on any atom is 0.119 e. The van der Waals surface area contributed by atoms with E-state index in [-0.39, 0.29) is 0 Å². The van der Waals surface area contributed by atoms with E-state index in [1.807, 2.05) is 6.07 Å². The molecule has 148 valence electrons. The minimum Gasteiger partial charge on any atom is -0.489 e. The van der Waals surface area contributed by atoms with E-state index in [1.165, 1.54) is 49.7 Å². The average Bonchev–Trinajstić information content (AvgIpc) is 2.64. The van der Waals surface area contributed by atoms with Crippen molar-refractivity contribution in [1.82, 2.24) is 5.32 Å². The highest BCUT2D eigenvalue weighted by Crippen LogP contribution is 2.66. The molecule has 2 unspecified atom stereocenters. The summed E-state index contributed by atoms with van der Waals surface area (Å²) in [7, 11) is 0. The Morgan fingerprint density at radius 3 is 2.14 bits per heavy atom. The molecule has 2 atom stereocenters. The number of hydrogen-bond donors (Lipinski definition) is 1. The van der Waals surface area contributed by atoms with E-state index >= 15 is 0 Å². The third-order valence-corrected chi connectivity index (χ3v) is 7.47. The first-order valence-electron chi connectivity index (χ1n) is 10.9. The lowest BCUT2D eigenvalue weighted by Gasteiger charge is -2.65. The van der Waals surface area contributed by atoms with Gasteiger partial charge in [-0.25, -0.2) is 0 Å². The van der Waals surface area contributed by atoms with E-state index in [9.17, 15) is 0 Å². The van der Waals surface area contributed by atoms with Crippen LogP contribution in [0.2, 0.25) is 0 Å². The Morgan fingerprint density at radius 2 is 1.50 bits per heavy atom. The molecule has 2 aromatic carbocycles. The van der Waals surface area contributed by atoms with E-state index in [0.717, 1.165) is 18.2 Å². The summed E-state index contributed by atoms with van der Waals surface area (Å²) in [5.74, 6) is 1.88. The van der Waals surface area contributed by atoms with Crippen molar-refractivity contribution in [2.24, 2.45) is 16.7 Å². The minimum absolute atomic E-state index is 0.366. The summed E-state index contributed by atoms with van der Waals surface area (Å²) in [6.45, 7) is 6.69. The van der Waals surface area contributed by atoms with Crippen LogP contribution in [0, 0.1) is 16.7 Å². The first kappa shape index (κ1) is 18.2. The van der Waals surface area contributed by atoms with Gasteiger partial charge in [-0.15, -0.1) is 0 Å². The van der Waals surface area contributed by atoms with Crippen LogP contribution >= 0.6 is 0 Å². The molecule has 2 aromatic rings. The van der Waals surface area contributed by atoms with Crippen LogP contribution < -0.4 is 10.1 Å². The summed E-state index contributed by atoms with van der Waals surface area (Å²) >= 11 is 0. The number of hydrogen-bond acceptors (Lipinski definition) is 2. The molecule has 1 N–H and O–H groups in total. The van der Waals surface area contributed by atoms with Crippen LogP contribution in [0.5, 0.6) is 5.75 Å². The van der Waals surface area contributed by atoms with E-state index in [4.69, 9.17) is 4.74 Å². The van der Waals surface area contributed by atoms with Crippen molar-refractivity contribution < 1.29 is 4.74 Å². The Morgan fingerprint density at radius 1 is 0.821 bits per heavy atom. The molecule has 0 spiro atoms. The molecular weight excluding hydrogens is 342 g/mol. The second-order valence-electron chi connectivity index (χ2n) is 10.7. The topological polar surface area (TPSA) is 21.3 Å². The lowest BCUT2D eigenvalue weighted by molar-refractivity contribution is -0.118. The van der Waals surface area contributed by atoms with Gasteiger partial charge in [0, 0.05) is 12.1 Å². The van der Waals surface area contributed by atoms with Gasteiger partial charge in [0.05, 0.1) is 0 Å². The first-order chi connectivity index (χ1) is 13.4. The van der Waals surface area contributed by atoms with Gasteiger partial charge in [-0.3, -0.25) is 0 Å². The van der Waals surface area contributed by atoms with Crippen LogP contribution in [0.1, 0.15) is 63.5 Å². The molecule has 0 aliphatic heterocycles. The van der Waals surface area contributed by atoms with Crippen LogP contribution in [0.15, 0.2) is 54.6 Å². The zero-order chi connectivity index (χ0) is 19.2. The predicted octanol–water partition coefficient (Wildman–Crippen LogP) is 6.10. The Balaban J connectivity index is 1.20. The molecular formula is C26H33NO. The normalized spacial score (nSPS) is 35.9. The van der Waals surface area contributed by atoms with Crippen LogP contribution in [-0.4, -0.2) is 5.54 Å². The van der Waals surface area contributed by atoms with Gasteiger partial charge in [0.1, 0.15) is 12.4 Å². The highest BCUT2D eigenvalue weighted by Gasteiger charge is 2.59. The molecule has 0 amide bonds.